The summed E-state index contributed by atoms with van der Waals surface area (Å²) in [6.07, 6.45) is 5.61. The third-order valence-electron chi connectivity index (χ3n) is 6.72. The Morgan fingerprint density at radius 3 is 2.58 bits per heavy atom. The van der Waals surface area contributed by atoms with Crippen LogP contribution in [-0.2, 0) is 12.1 Å². The molecule has 3 aromatic heterocycles. The molecule has 1 aliphatic heterocycles. The lowest BCUT2D eigenvalue weighted by Gasteiger charge is -2.30. The fourth-order valence-electron chi connectivity index (χ4n) is 4.49. The van der Waals surface area contributed by atoms with Crippen LogP contribution in [0.1, 0.15) is 63.3 Å². The van der Waals surface area contributed by atoms with Gasteiger partial charge in [-0.2, -0.15) is 24.7 Å². The van der Waals surface area contributed by atoms with Crippen molar-refractivity contribution in [2.45, 2.75) is 64.6 Å². The van der Waals surface area contributed by atoms with Crippen molar-refractivity contribution >= 4 is 17.5 Å². The minimum Gasteiger partial charge on any atom is -0.384 e. The molecular weight excluding hydrogens is 454 g/mol. The summed E-state index contributed by atoms with van der Waals surface area (Å²) in [4.78, 5) is 12.0. The molecule has 1 saturated heterocycles. The molecule has 36 heavy (non-hydrogen) atoms. The molecule has 10 nitrogen and oxygen atoms in total. The van der Waals surface area contributed by atoms with Crippen LogP contribution in [0, 0.1) is 0 Å². The molecule has 0 atom stereocenters. The van der Waals surface area contributed by atoms with E-state index in [0.29, 0.717) is 30.1 Å². The first-order valence-corrected chi connectivity index (χ1v) is 12.6. The van der Waals surface area contributed by atoms with Crippen LogP contribution in [0.5, 0.6) is 0 Å². The molecule has 0 aliphatic carbocycles. The molecule has 0 amide bonds. The molecule has 10 heteroatoms. The number of hydrogen-bond donors (Lipinski definition) is 3. The quantitative estimate of drug-likeness (QED) is 0.362. The number of aliphatic hydroxyl groups is 1. The highest BCUT2D eigenvalue weighted by atomic mass is 16.3. The van der Waals surface area contributed by atoms with Crippen LogP contribution in [-0.4, -0.2) is 53.6 Å². The number of rotatable bonds is 7. The van der Waals surface area contributed by atoms with Gasteiger partial charge in [-0.05, 0) is 50.3 Å². The summed E-state index contributed by atoms with van der Waals surface area (Å²) in [5, 5.41) is 23.0. The van der Waals surface area contributed by atoms with Gasteiger partial charge in [0.25, 0.3) is 0 Å². The predicted octanol–water partition coefficient (Wildman–Crippen LogP) is 3.20. The van der Waals surface area contributed by atoms with Gasteiger partial charge in [-0.15, -0.1) is 0 Å². The molecule has 0 bridgehead atoms. The minimum atomic E-state index is -1.01. The van der Waals surface area contributed by atoms with Crippen molar-refractivity contribution in [3.8, 4) is 5.69 Å². The van der Waals surface area contributed by atoms with Gasteiger partial charge >= 0.3 is 0 Å². The molecule has 1 fully saturated rings. The lowest BCUT2D eigenvalue weighted by Crippen LogP contribution is -2.40. The summed E-state index contributed by atoms with van der Waals surface area (Å²) < 4.78 is 3.59. The number of nitrogens with zero attached hydrogens (tertiary/aromatic N) is 7. The van der Waals surface area contributed by atoms with Gasteiger partial charge in [0.15, 0.2) is 5.65 Å². The Morgan fingerprint density at radius 1 is 1.14 bits per heavy atom. The first-order valence-electron chi connectivity index (χ1n) is 12.6. The van der Waals surface area contributed by atoms with Crippen molar-refractivity contribution < 1.29 is 5.11 Å². The van der Waals surface area contributed by atoms with Crippen LogP contribution in [0.2, 0.25) is 0 Å². The summed E-state index contributed by atoms with van der Waals surface area (Å²) in [5.74, 6) is 1.64. The number of fused-ring (bicyclic) bond motifs is 1. The van der Waals surface area contributed by atoms with E-state index in [1.165, 1.54) is 0 Å². The Balaban J connectivity index is 1.47. The number of anilines is 2. The highest BCUT2D eigenvalue weighted by molar-refractivity contribution is 5.56. The van der Waals surface area contributed by atoms with Crippen LogP contribution < -0.4 is 16.0 Å². The third-order valence-corrected chi connectivity index (χ3v) is 6.72. The average molecular weight is 490 g/mol. The molecule has 4 aromatic rings. The van der Waals surface area contributed by atoms with E-state index in [1.54, 1.807) is 23.0 Å². The number of hydrogen-bond acceptors (Lipinski definition) is 8. The number of nitrogens with one attached hydrogen (secondary N) is 1. The van der Waals surface area contributed by atoms with E-state index in [0.717, 1.165) is 48.4 Å². The Morgan fingerprint density at radius 2 is 1.89 bits per heavy atom. The van der Waals surface area contributed by atoms with E-state index in [9.17, 15) is 5.11 Å². The van der Waals surface area contributed by atoms with Gasteiger partial charge in [-0.3, -0.25) is 0 Å². The maximum atomic E-state index is 10.3. The Bertz CT molecular complexity index is 1340. The molecule has 0 radical (unpaired) electrons. The second-order valence-electron chi connectivity index (χ2n) is 10.3. The number of para-hydroxylation sites is 1. The zero-order valence-corrected chi connectivity index (χ0v) is 21.4. The molecule has 1 aliphatic rings. The second-order valence-corrected chi connectivity index (χ2v) is 10.3. The van der Waals surface area contributed by atoms with Crippen molar-refractivity contribution in [3.63, 3.8) is 0 Å². The van der Waals surface area contributed by atoms with Crippen LogP contribution in [0.25, 0.3) is 11.3 Å². The van der Waals surface area contributed by atoms with Gasteiger partial charge in [0.05, 0.1) is 17.6 Å². The molecule has 0 unspecified atom stereocenters. The minimum absolute atomic E-state index is 0.236. The number of nitrogens with two attached hydrogens (primary N) is 1. The SMILES string of the molecule is CC(C)c1cnn2c(NCc3ccccc3-n3ccc(C(C)(C)O)n3)nc(N3CCC(N)CC3)nc12. The van der Waals surface area contributed by atoms with E-state index >= 15 is 0 Å². The summed E-state index contributed by atoms with van der Waals surface area (Å²) >= 11 is 0. The third kappa shape index (κ3) is 4.78. The molecule has 190 valence electrons. The van der Waals surface area contributed by atoms with E-state index in [4.69, 9.17) is 15.7 Å². The van der Waals surface area contributed by atoms with Gasteiger partial charge in [0.1, 0.15) is 5.60 Å². The Hall–Kier alpha value is -3.50. The highest BCUT2D eigenvalue weighted by Gasteiger charge is 2.23. The topological polar surface area (TPSA) is 122 Å². The van der Waals surface area contributed by atoms with Crippen molar-refractivity contribution in [2.24, 2.45) is 5.73 Å². The smallest absolute Gasteiger partial charge is 0.230 e. The molecule has 1 aromatic carbocycles. The Labute approximate surface area is 211 Å². The Kier molecular flexibility index (Phi) is 6.40. The zero-order chi connectivity index (χ0) is 25.4. The fraction of sp³-hybridized carbons (Fsp3) is 0.462. The van der Waals surface area contributed by atoms with Gasteiger partial charge in [-0.1, -0.05) is 32.0 Å². The summed E-state index contributed by atoms with van der Waals surface area (Å²) in [6, 6.07) is 10.1. The lowest BCUT2D eigenvalue weighted by molar-refractivity contribution is 0.0734. The molecule has 5 rings (SSSR count). The monoisotopic (exact) mass is 489 g/mol. The van der Waals surface area contributed by atoms with Crippen molar-refractivity contribution in [2.75, 3.05) is 23.3 Å². The van der Waals surface area contributed by atoms with Crippen molar-refractivity contribution in [1.29, 1.82) is 0 Å². The first kappa shape index (κ1) is 24.2. The molecular formula is C26H35N9O. The van der Waals surface area contributed by atoms with Crippen LogP contribution in [0.15, 0.2) is 42.7 Å². The molecule has 4 N–H and O–H groups in total. The number of aromatic nitrogens is 6. The van der Waals surface area contributed by atoms with Crippen molar-refractivity contribution in [1.82, 2.24) is 29.4 Å². The molecule has 0 spiro atoms. The number of piperidine rings is 1. The maximum absolute atomic E-state index is 10.3. The molecule has 4 heterocycles. The highest BCUT2D eigenvalue weighted by Crippen LogP contribution is 2.26. The normalized spacial score (nSPS) is 15.2. The summed E-state index contributed by atoms with van der Waals surface area (Å²) in [7, 11) is 0. The second kappa shape index (κ2) is 9.51. The van der Waals surface area contributed by atoms with Crippen molar-refractivity contribution in [3.05, 3.63) is 59.5 Å². The van der Waals surface area contributed by atoms with Gasteiger partial charge in [-0.25, -0.2) is 4.68 Å². The summed E-state index contributed by atoms with van der Waals surface area (Å²) in [5.41, 5.74) is 9.62. The van der Waals surface area contributed by atoms with Gasteiger partial charge in [0, 0.05) is 37.4 Å². The lowest BCUT2D eigenvalue weighted by atomic mass is 10.1. The first-order chi connectivity index (χ1) is 17.2. The molecule has 0 saturated carbocycles. The van der Waals surface area contributed by atoms with Crippen LogP contribution >= 0.6 is 0 Å². The van der Waals surface area contributed by atoms with Gasteiger partial charge in [0.2, 0.25) is 11.9 Å². The largest absolute Gasteiger partial charge is 0.384 e. The van der Waals surface area contributed by atoms with E-state index in [2.05, 4.69) is 40.3 Å². The van der Waals surface area contributed by atoms with E-state index in [-0.39, 0.29) is 6.04 Å². The van der Waals surface area contributed by atoms with Crippen LogP contribution in [0.4, 0.5) is 11.9 Å². The maximum Gasteiger partial charge on any atom is 0.230 e. The van der Waals surface area contributed by atoms with Gasteiger partial charge < -0.3 is 21.1 Å². The van der Waals surface area contributed by atoms with Crippen LogP contribution in [0.3, 0.4) is 0 Å². The fourth-order valence-corrected chi connectivity index (χ4v) is 4.49. The predicted molar refractivity (Wildman–Crippen MR) is 140 cm³/mol. The summed E-state index contributed by atoms with van der Waals surface area (Å²) in [6.45, 7) is 9.96. The average Bonchev–Trinajstić information content (AvgIpc) is 3.51. The number of benzene rings is 1. The van der Waals surface area contributed by atoms with E-state index < -0.39 is 5.60 Å². The standard InChI is InChI=1S/C26H35N9O/c1-17(2)20-16-29-35-23(20)30-25(33-12-9-19(27)10-13-33)31-24(35)28-15-18-7-5-6-8-21(18)34-14-11-22(32-34)26(3,4)36/h5-8,11,14,16-17,19,36H,9-10,12-13,15,27H2,1-4H3,(H,28,30,31). The van der Waals surface area contributed by atoms with E-state index in [1.807, 2.05) is 36.7 Å². The zero-order valence-electron chi connectivity index (χ0n) is 21.4.